The summed E-state index contributed by atoms with van der Waals surface area (Å²) in [6, 6.07) is 3.50. The maximum atomic E-state index is 13.0. The summed E-state index contributed by atoms with van der Waals surface area (Å²) in [5, 5.41) is 111. The summed E-state index contributed by atoms with van der Waals surface area (Å²) < 4.78 is 16.0. The van der Waals surface area contributed by atoms with E-state index < -0.39 is 129 Å². The molecule has 0 spiro atoms. The number of phenolic OH excluding ortho intramolecular Hbond substituents is 9. The molecule has 0 aliphatic carbocycles. The lowest BCUT2D eigenvalue weighted by molar-refractivity contribution is -0.232. The normalized spacial score (nSPS) is 21.2. The molecule has 240 valence electrons. The largest absolute Gasteiger partial charge is 0.507 e. The van der Waals surface area contributed by atoms with E-state index in [4.69, 9.17) is 14.2 Å². The molecule has 1 aliphatic rings. The second kappa shape index (κ2) is 12.2. The monoisotopic (exact) mass is 634 g/mol. The zero-order chi connectivity index (χ0) is 33.5. The van der Waals surface area contributed by atoms with Crippen molar-refractivity contribution in [1.82, 2.24) is 0 Å². The first-order chi connectivity index (χ1) is 21.0. The van der Waals surface area contributed by atoms with Gasteiger partial charge in [-0.05, 0) is 31.2 Å². The summed E-state index contributed by atoms with van der Waals surface area (Å²) in [4.78, 5) is 37.7. The van der Waals surface area contributed by atoms with Crippen LogP contribution in [0.3, 0.4) is 0 Å². The Hall–Kier alpha value is -5.65. The Kier molecular flexibility index (Phi) is 8.71. The molecule has 3 aromatic carbocycles. The van der Waals surface area contributed by atoms with Crippen LogP contribution >= 0.6 is 0 Å². The summed E-state index contributed by atoms with van der Waals surface area (Å²) in [7, 11) is 0. The Morgan fingerprint density at radius 3 is 1.64 bits per heavy atom. The van der Waals surface area contributed by atoms with Crippen LogP contribution in [0.1, 0.15) is 49.7 Å². The Morgan fingerprint density at radius 1 is 0.667 bits per heavy atom. The van der Waals surface area contributed by atoms with Gasteiger partial charge in [-0.25, -0.2) is 9.59 Å². The minimum Gasteiger partial charge on any atom is -0.507 e. The predicted octanol–water partition coefficient (Wildman–Crippen LogP) is 0.484. The van der Waals surface area contributed by atoms with Crippen molar-refractivity contribution in [3.63, 3.8) is 0 Å². The van der Waals surface area contributed by atoms with Gasteiger partial charge in [0.05, 0.1) is 16.7 Å². The van der Waals surface area contributed by atoms with Crippen LogP contribution in [0.25, 0.3) is 0 Å². The van der Waals surface area contributed by atoms with E-state index in [-0.39, 0.29) is 0 Å². The molecule has 3 aromatic rings. The molecule has 17 nitrogen and oxygen atoms in total. The third-order valence-corrected chi connectivity index (χ3v) is 6.85. The Morgan fingerprint density at radius 2 is 1.16 bits per heavy atom. The molecule has 17 heteroatoms. The van der Waals surface area contributed by atoms with E-state index in [9.17, 15) is 70.6 Å². The van der Waals surface area contributed by atoms with E-state index >= 15 is 0 Å². The van der Waals surface area contributed by atoms with E-state index in [2.05, 4.69) is 0 Å². The first-order valence-corrected chi connectivity index (χ1v) is 12.7. The number of aromatic hydroxyl groups is 9. The first kappa shape index (κ1) is 32.3. The van der Waals surface area contributed by atoms with Crippen LogP contribution in [-0.4, -0.2) is 105 Å². The lowest BCUT2D eigenvalue weighted by Gasteiger charge is -2.42. The highest BCUT2D eigenvalue weighted by molar-refractivity contribution is 6.00. The number of phenols is 9. The average molecular weight is 634 g/mol. The molecule has 0 bridgehead atoms. The molecule has 1 saturated heterocycles. The number of Topliss-reactive ketones (excluding diaryl/α,β-unsaturated/α-hetero) is 1. The quantitative estimate of drug-likeness (QED) is 0.0956. The number of ether oxygens (including phenoxy) is 3. The number of ketones is 1. The van der Waals surface area contributed by atoms with Crippen LogP contribution in [0.15, 0.2) is 30.3 Å². The van der Waals surface area contributed by atoms with E-state index in [0.717, 1.165) is 19.1 Å². The smallest absolute Gasteiger partial charge is 0.338 e. The maximum absolute atomic E-state index is 13.0. The van der Waals surface area contributed by atoms with Gasteiger partial charge in [-0.3, -0.25) is 4.79 Å². The molecule has 5 unspecified atom stereocenters. The molecular formula is C28H26O17. The van der Waals surface area contributed by atoms with E-state index in [1.807, 2.05) is 0 Å². The van der Waals surface area contributed by atoms with E-state index in [1.54, 1.807) is 0 Å². The molecule has 0 amide bonds. The SMILES string of the molecule is CC(=O)c1c(O)cc(O)c(C2OC(COC(=O)c3cc(O)c(O)c(O)c3)C(O)C(O)C2OC(=O)c2cc(O)c(O)c(O)c2)c1O. The second-order valence-corrected chi connectivity index (χ2v) is 9.88. The van der Waals surface area contributed by atoms with Gasteiger partial charge in [0.15, 0.2) is 46.4 Å². The van der Waals surface area contributed by atoms with Crippen molar-refractivity contribution in [2.24, 2.45) is 0 Å². The number of benzene rings is 3. The van der Waals surface area contributed by atoms with Gasteiger partial charge >= 0.3 is 11.9 Å². The van der Waals surface area contributed by atoms with Gasteiger partial charge in [0.1, 0.15) is 53.8 Å². The summed E-state index contributed by atoms with van der Waals surface area (Å²) in [5.41, 5.74) is -2.47. The van der Waals surface area contributed by atoms with Crippen molar-refractivity contribution in [3.8, 4) is 51.7 Å². The molecule has 11 N–H and O–H groups in total. The summed E-state index contributed by atoms with van der Waals surface area (Å²) >= 11 is 0. The van der Waals surface area contributed by atoms with Crippen LogP contribution in [-0.2, 0) is 14.2 Å². The fourth-order valence-corrected chi connectivity index (χ4v) is 4.60. The number of hydrogen-bond acceptors (Lipinski definition) is 17. The molecule has 1 fully saturated rings. The van der Waals surface area contributed by atoms with Crippen LogP contribution in [0.4, 0.5) is 0 Å². The fraction of sp³-hybridized carbons (Fsp3) is 0.250. The van der Waals surface area contributed by atoms with Crippen LogP contribution < -0.4 is 0 Å². The highest BCUT2D eigenvalue weighted by Crippen LogP contribution is 2.47. The fourth-order valence-electron chi connectivity index (χ4n) is 4.60. The zero-order valence-corrected chi connectivity index (χ0v) is 22.8. The standard InChI is InChI=1S/C28H26O17/c1-8(29)18-11(30)6-12(31)19(23(18)39)25-26(45-28(42)10-4-15(34)21(37)16(35)5-10)24(40)22(38)17(44-25)7-43-27(41)9-2-13(32)20(36)14(33)3-9/h2-6,17,22,24-26,30-40H,7H2,1H3. The van der Waals surface area contributed by atoms with Gasteiger partial charge in [0.2, 0.25) is 0 Å². The Labute approximate surface area is 251 Å². The van der Waals surface area contributed by atoms with Crippen molar-refractivity contribution < 1.29 is 84.8 Å². The molecular weight excluding hydrogens is 608 g/mol. The predicted molar refractivity (Wildman–Crippen MR) is 143 cm³/mol. The van der Waals surface area contributed by atoms with Gasteiger partial charge in [0.25, 0.3) is 0 Å². The number of carbonyl (C=O) groups is 3. The molecule has 4 rings (SSSR count). The third kappa shape index (κ3) is 6.07. The number of aliphatic hydroxyl groups excluding tert-OH is 2. The molecule has 0 aromatic heterocycles. The van der Waals surface area contributed by atoms with Gasteiger partial charge in [-0.1, -0.05) is 0 Å². The van der Waals surface area contributed by atoms with Crippen molar-refractivity contribution in [2.75, 3.05) is 6.61 Å². The van der Waals surface area contributed by atoms with Crippen LogP contribution in [0, 0.1) is 0 Å². The van der Waals surface area contributed by atoms with Gasteiger partial charge in [-0.15, -0.1) is 0 Å². The Bertz CT molecular complexity index is 1630. The van der Waals surface area contributed by atoms with Gasteiger partial charge in [-0.2, -0.15) is 0 Å². The van der Waals surface area contributed by atoms with Crippen molar-refractivity contribution in [2.45, 2.75) is 37.4 Å². The van der Waals surface area contributed by atoms with Crippen molar-refractivity contribution in [1.29, 1.82) is 0 Å². The van der Waals surface area contributed by atoms with Crippen LogP contribution in [0.2, 0.25) is 0 Å². The van der Waals surface area contributed by atoms with Gasteiger partial charge < -0.3 is 70.4 Å². The maximum Gasteiger partial charge on any atom is 0.338 e. The molecule has 1 heterocycles. The number of hydrogen-bond donors (Lipinski definition) is 11. The lowest BCUT2D eigenvalue weighted by atomic mass is 9.88. The first-order valence-electron chi connectivity index (χ1n) is 12.7. The highest BCUT2D eigenvalue weighted by atomic mass is 16.6. The third-order valence-electron chi connectivity index (χ3n) is 6.85. The topological polar surface area (TPSA) is 301 Å². The molecule has 0 saturated carbocycles. The van der Waals surface area contributed by atoms with Crippen molar-refractivity contribution >= 4 is 17.7 Å². The van der Waals surface area contributed by atoms with Gasteiger partial charge in [0, 0.05) is 6.07 Å². The van der Waals surface area contributed by atoms with E-state index in [0.29, 0.717) is 18.2 Å². The summed E-state index contributed by atoms with van der Waals surface area (Å²) in [5.74, 6) is -11.9. The molecule has 1 aliphatic heterocycles. The van der Waals surface area contributed by atoms with E-state index in [1.165, 1.54) is 0 Å². The van der Waals surface area contributed by atoms with Crippen molar-refractivity contribution in [3.05, 3.63) is 52.6 Å². The lowest BCUT2D eigenvalue weighted by Crippen LogP contribution is -2.57. The number of carbonyl (C=O) groups excluding carboxylic acids is 3. The summed E-state index contributed by atoms with van der Waals surface area (Å²) in [6.45, 7) is 0.0634. The number of esters is 2. The minimum atomic E-state index is -2.16. The molecule has 5 atom stereocenters. The minimum absolute atomic E-state index is 0.461. The number of rotatable bonds is 7. The molecule has 0 radical (unpaired) electrons. The zero-order valence-electron chi connectivity index (χ0n) is 22.8. The molecule has 45 heavy (non-hydrogen) atoms. The Balaban J connectivity index is 1.71. The summed E-state index contributed by atoms with van der Waals surface area (Å²) in [6.07, 6.45) is -9.95. The second-order valence-electron chi connectivity index (χ2n) is 9.88. The average Bonchev–Trinajstić information content (AvgIpc) is 2.96. The van der Waals surface area contributed by atoms with Crippen LogP contribution in [0.5, 0.6) is 51.7 Å². The highest BCUT2D eigenvalue weighted by Gasteiger charge is 2.50. The number of aliphatic hydroxyl groups is 2.